The third kappa shape index (κ3) is 9.76. The molecule has 2 aromatic rings. The average Bonchev–Trinajstić information content (AvgIpc) is 2.87. The van der Waals surface area contributed by atoms with E-state index in [2.05, 4.69) is 9.80 Å². The minimum atomic E-state index is -5.07. The van der Waals surface area contributed by atoms with Gasteiger partial charge in [-0.05, 0) is 56.2 Å². The number of aromatic hydroxyl groups is 1. The van der Waals surface area contributed by atoms with Crippen LogP contribution in [-0.2, 0) is 23.5 Å². The maximum atomic E-state index is 13.5. The topological polar surface area (TPSA) is 56.2 Å². The molecule has 0 bridgehead atoms. The van der Waals surface area contributed by atoms with E-state index >= 15 is 0 Å². The van der Waals surface area contributed by atoms with Crippen LogP contribution in [0.25, 0.3) is 0 Å². The van der Waals surface area contributed by atoms with Crippen LogP contribution in [0.5, 0.6) is 5.75 Å². The fourth-order valence-electron chi connectivity index (χ4n) is 5.52. The molecule has 4 rings (SSSR count). The molecule has 0 spiro atoms. The van der Waals surface area contributed by atoms with Crippen molar-refractivity contribution in [2.45, 2.75) is 50.9 Å². The van der Waals surface area contributed by atoms with Gasteiger partial charge in [0, 0.05) is 57.4 Å². The van der Waals surface area contributed by atoms with Gasteiger partial charge in [0.1, 0.15) is 5.75 Å². The SMILES string of the molecule is C[C@@H]1CN(CCN2CCN(C(=O)c3cc(C(F)(F)F)cc(C(F)(F)F)c3)[C@H](Cc3ccc(Cl)c(O)c3)C2)C[C@H](C)O1.Cl.Cl. The molecule has 2 heterocycles. The Hall–Kier alpha value is -1.96. The molecule has 1 N–H and O–H groups in total. The number of halogens is 9. The van der Waals surface area contributed by atoms with E-state index in [1.165, 1.54) is 17.0 Å². The van der Waals surface area contributed by atoms with Crippen LogP contribution < -0.4 is 0 Å². The first-order chi connectivity index (χ1) is 19.1. The lowest BCUT2D eigenvalue weighted by molar-refractivity contribution is -0.143. The van der Waals surface area contributed by atoms with Crippen molar-refractivity contribution in [3.63, 3.8) is 0 Å². The van der Waals surface area contributed by atoms with Gasteiger partial charge in [-0.25, -0.2) is 0 Å². The molecule has 0 aromatic heterocycles. The number of nitrogens with zero attached hydrogens (tertiary/aromatic N) is 3. The molecule has 0 unspecified atom stereocenters. The van der Waals surface area contributed by atoms with Crippen molar-refractivity contribution in [3.8, 4) is 5.75 Å². The molecule has 2 aliphatic heterocycles. The van der Waals surface area contributed by atoms with Crippen molar-refractivity contribution in [1.82, 2.24) is 14.7 Å². The molecule has 43 heavy (non-hydrogen) atoms. The van der Waals surface area contributed by atoms with E-state index in [0.29, 0.717) is 37.3 Å². The second-order valence-electron chi connectivity index (χ2n) is 10.8. The number of morpholine rings is 1. The van der Waals surface area contributed by atoms with E-state index in [4.69, 9.17) is 16.3 Å². The molecule has 2 saturated heterocycles. The third-order valence-corrected chi connectivity index (χ3v) is 7.69. The van der Waals surface area contributed by atoms with Crippen LogP contribution in [0.4, 0.5) is 26.3 Å². The van der Waals surface area contributed by atoms with Gasteiger partial charge in [-0.15, -0.1) is 24.8 Å². The molecule has 1 amide bonds. The predicted molar refractivity (Wildman–Crippen MR) is 155 cm³/mol. The van der Waals surface area contributed by atoms with Gasteiger partial charge in [0.15, 0.2) is 0 Å². The zero-order valence-electron chi connectivity index (χ0n) is 23.4. The highest BCUT2D eigenvalue weighted by Gasteiger charge is 2.39. The van der Waals surface area contributed by atoms with Gasteiger partial charge >= 0.3 is 12.4 Å². The number of rotatable bonds is 6. The van der Waals surface area contributed by atoms with Crippen LogP contribution in [0.15, 0.2) is 36.4 Å². The Kier molecular flexibility index (Phi) is 12.9. The van der Waals surface area contributed by atoms with E-state index in [-0.39, 0.29) is 66.8 Å². The number of phenolic OH excluding ortho intramolecular Hbond substituents is 1. The summed E-state index contributed by atoms with van der Waals surface area (Å²) in [5.41, 5.74) is -3.14. The summed E-state index contributed by atoms with van der Waals surface area (Å²) < 4.78 is 86.6. The van der Waals surface area contributed by atoms with E-state index in [9.17, 15) is 36.2 Å². The number of hydrogen-bond acceptors (Lipinski definition) is 5. The first-order valence-electron chi connectivity index (χ1n) is 13.3. The Morgan fingerprint density at radius 3 is 1.98 bits per heavy atom. The van der Waals surface area contributed by atoms with Crippen LogP contribution in [0, 0.1) is 0 Å². The van der Waals surface area contributed by atoms with Gasteiger partial charge in [0.2, 0.25) is 0 Å². The first kappa shape index (κ1) is 37.2. The minimum Gasteiger partial charge on any atom is -0.506 e. The maximum Gasteiger partial charge on any atom is 0.416 e. The van der Waals surface area contributed by atoms with Crippen LogP contribution in [0.2, 0.25) is 5.02 Å². The number of phenols is 1. The van der Waals surface area contributed by atoms with Gasteiger partial charge in [-0.1, -0.05) is 17.7 Å². The molecule has 6 nitrogen and oxygen atoms in total. The Bertz CT molecular complexity index is 1210. The summed E-state index contributed by atoms with van der Waals surface area (Å²) in [6, 6.07) is 4.95. The van der Waals surface area contributed by atoms with Gasteiger partial charge in [-0.2, -0.15) is 26.3 Å². The first-order valence-corrected chi connectivity index (χ1v) is 13.7. The monoisotopic (exact) mass is 679 g/mol. The second kappa shape index (κ2) is 14.9. The van der Waals surface area contributed by atoms with Crippen molar-refractivity contribution >= 4 is 42.3 Å². The summed E-state index contributed by atoms with van der Waals surface area (Å²) in [5, 5.41) is 10.2. The average molecular weight is 681 g/mol. The van der Waals surface area contributed by atoms with Crippen molar-refractivity contribution in [1.29, 1.82) is 0 Å². The van der Waals surface area contributed by atoms with Crippen LogP contribution in [-0.4, -0.2) is 89.8 Å². The highest BCUT2D eigenvalue weighted by atomic mass is 35.5. The number of ether oxygens (including phenoxy) is 1. The van der Waals surface area contributed by atoms with E-state index in [1.807, 2.05) is 13.8 Å². The summed E-state index contributed by atoms with van der Waals surface area (Å²) in [7, 11) is 0. The van der Waals surface area contributed by atoms with Gasteiger partial charge in [0.25, 0.3) is 5.91 Å². The summed E-state index contributed by atoms with van der Waals surface area (Å²) in [5.74, 6) is -1.08. The molecule has 2 aliphatic rings. The lowest BCUT2D eigenvalue weighted by atomic mass is 9.99. The number of piperazine rings is 1. The molecule has 3 atom stereocenters. The molecule has 0 aliphatic carbocycles. The highest BCUT2D eigenvalue weighted by Crippen LogP contribution is 2.37. The van der Waals surface area contributed by atoms with Crippen molar-refractivity contribution in [2.75, 3.05) is 45.8 Å². The van der Waals surface area contributed by atoms with Crippen LogP contribution >= 0.6 is 36.4 Å². The number of carbonyl (C=O) groups excluding carboxylic acids is 1. The molecule has 242 valence electrons. The smallest absolute Gasteiger partial charge is 0.416 e. The number of carbonyl (C=O) groups is 1. The Morgan fingerprint density at radius 1 is 0.884 bits per heavy atom. The number of amides is 1. The van der Waals surface area contributed by atoms with Gasteiger partial charge in [0.05, 0.1) is 28.4 Å². The third-order valence-electron chi connectivity index (χ3n) is 7.37. The van der Waals surface area contributed by atoms with Crippen LogP contribution in [0.1, 0.15) is 40.9 Å². The summed E-state index contributed by atoms with van der Waals surface area (Å²) in [6.45, 7) is 7.79. The fraction of sp³-hybridized carbons (Fsp3) is 0.536. The molecular formula is C28H34Cl3F6N3O3. The van der Waals surface area contributed by atoms with Crippen molar-refractivity contribution in [3.05, 3.63) is 63.7 Å². The van der Waals surface area contributed by atoms with E-state index < -0.39 is 41.0 Å². The number of alkyl halides is 6. The molecule has 0 radical (unpaired) electrons. The Balaban J connectivity index is 0.00000323. The predicted octanol–water partition coefficient (Wildman–Crippen LogP) is 6.41. The van der Waals surface area contributed by atoms with Gasteiger partial charge < -0.3 is 14.7 Å². The second-order valence-corrected chi connectivity index (χ2v) is 11.2. The lowest BCUT2D eigenvalue weighted by Gasteiger charge is -2.43. The largest absolute Gasteiger partial charge is 0.506 e. The van der Waals surface area contributed by atoms with E-state index in [0.717, 1.165) is 19.6 Å². The zero-order valence-corrected chi connectivity index (χ0v) is 25.8. The molecular weight excluding hydrogens is 647 g/mol. The van der Waals surface area contributed by atoms with Crippen molar-refractivity contribution in [2.24, 2.45) is 0 Å². The lowest BCUT2D eigenvalue weighted by Crippen LogP contribution is -2.57. The summed E-state index contributed by atoms with van der Waals surface area (Å²) >= 11 is 5.92. The van der Waals surface area contributed by atoms with Gasteiger partial charge in [-0.3, -0.25) is 14.6 Å². The number of benzene rings is 2. The zero-order chi connectivity index (χ0) is 30.1. The Morgan fingerprint density at radius 2 is 1.44 bits per heavy atom. The molecule has 2 fully saturated rings. The minimum absolute atomic E-state index is 0. The standard InChI is InChI=1S/C28H32ClF6N3O3.2ClH/c1-17-14-37(15-18(2)41-17)6-5-36-7-8-38(23(16-36)9-19-3-4-24(29)25(39)10-19)26(40)20-11-21(27(30,31)32)13-22(12-20)28(33,34)35;;/h3-4,10-13,17-18,23,39H,5-9,14-16H2,1-2H3;2*1H/t17-,18+,23-;;/m1../s1. The summed E-state index contributed by atoms with van der Waals surface area (Å²) in [6.07, 6.45) is -9.74. The normalized spacial score (nSPS) is 22.1. The quantitative estimate of drug-likeness (QED) is 0.358. The van der Waals surface area contributed by atoms with E-state index in [1.54, 1.807) is 6.07 Å². The highest BCUT2D eigenvalue weighted by molar-refractivity contribution is 6.32. The molecule has 0 saturated carbocycles. The molecule has 2 aromatic carbocycles. The molecule has 15 heteroatoms. The number of hydrogen-bond donors (Lipinski definition) is 1. The summed E-state index contributed by atoms with van der Waals surface area (Å²) in [4.78, 5) is 19.3. The van der Waals surface area contributed by atoms with Crippen LogP contribution in [0.3, 0.4) is 0 Å². The fourth-order valence-corrected chi connectivity index (χ4v) is 5.63. The van der Waals surface area contributed by atoms with Crippen molar-refractivity contribution < 1.29 is 41.0 Å². The maximum absolute atomic E-state index is 13.5. The Labute approximate surface area is 263 Å².